The molecule has 0 saturated carbocycles. The zero-order chi connectivity index (χ0) is 16.6. The van der Waals surface area contributed by atoms with Crippen LogP contribution in [0.15, 0.2) is 48.5 Å². The van der Waals surface area contributed by atoms with Gasteiger partial charge in [-0.3, -0.25) is 0 Å². The first-order valence-corrected chi connectivity index (χ1v) is 7.70. The van der Waals surface area contributed by atoms with E-state index in [-0.39, 0.29) is 5.69 Å². The second-order valence-corrected chi connectivity index (χ2v) is 6.08. The van der Waals surface area contributed by atoms with Crippen LogP contribution < -0.4 is 0 Å². The van der Waals surface area contributed by atoms with Gasteiger partial charge in [0.15, 0.2) is 0 Å². The number of aromatic nitrogens is 1. The molecule has 0 aliphatic carbocycles. The molecule has 0 aliphatic heterocycles. The van der Waals surface area contributed by atoms with Crippen LogP contribution in [0.3, 0.4) is 0 Å². The maximum atomic E-state index is 11.7. The summed E-state index contributed by atoms with van der Waals surface area (Å²) in [6, 6.07) is 14.6. The number of carbonyl (C=O) groups is 1. The number of aromatic carboxylic acids is 1. The SMILES string of the molecule is Cc1c(-c2ccccc2)[nH]c(C(=O)O)c1-c1cc(Cl)cc(Cl)c1. The fraction of sp³-hybridized carbons (Fsp3) is 0.0556. The van der Waals surface area contributed by atoms with Gasteiger partial charge in [0.2, 0.25) is 0 Å². The van der Waals surface area contributed by atoms with E-state index in [1.165, 1.54) is 0 Å². The van der Waals surface area contributed by atoms with Gasteiger partial charge in [-0.15, -0.1) is 0 Å². The molecule has 0 amide bonds. The third-order valence-electron chi connectivity index (χ3n) is 3.68. The largest absolute Gasteiger partial charge is 0.477 e. The topological polar surface area (TPSA) is 53.1 Å². The summed E-state index contributed by atoms with van der Waals surface area (Å²) in [6.07, 6.45) is 0. The molecule has 116 valence electrons. The monoisotopic (exact) mass is 345 g/mol. The van der Waals surface area contributed by atoms with Gasteiger partial charge in [-0.1, -0.05) is 53.5 Å². The van der Waals surface area contributed by atoms with Crippen molar-refractivity contribution in [2.24, 2.45) is 0 Å². The Balaban J connectivity index is 2.28. The highest BCUT2D eigenvalue weighted by atomic mass is 35.5. The van der Waals surface area contributed by atoms with Gasteiger partial charge in [0, 0.05) is 21.3 Å². The van der Waals surface area contributed by atoms with Crippen molar-refractivity contribution in [2.75, 3.05) is 0 Å². The number of H-pyrrole nitrogens is 1. The summed E-state index contributed by atoms with van der Waals surface area (Å²) in [6.45, 7) is 1.88. The number of hydrogen-bond donors (Lipinski definition) is 2. The summed E-state index contributed by atoms with van der Waals surface area (Å²) in [5, 5.41) is 10.5. The van der Waals surface area contributed by atoms with Crippen LogP contribution in [0, 0.1) is 6.92 Å². The number of nitrogens with one attached hydrogen (secondary N) is 1. The molecule has 1 aromatic heterocycles. The number of rotatable bonds is 3. The van der Waals surface area contributed by atoms with Gasteiger partial charge in [0.1, 0.15) is 5.69 Å². The van der Waals surface area contributed by atoms with Crippen LogP contribution in [0.2, 0.25) is 10.0 Å². The number of aromatic amines is 1. The van der Waals surface area contributed by atoms with Crippen molar-refractivity contribution in [1.82, 2.24) is 4.98 Å². The fourth-order valence-electron chi connectivity index (χ4n) is 2.71. The molecule has 0 atom stereocenters. The van der Waals surface area contributed by atoms with Crippen LogP contribution in [0.4, 0.5) is 0 Å². The van der Waals surface area contributed by atoms with E-state index >= 15 is 0 Å². The highest BCUT2D eigenvalue weighted by Crippen LogP contribution is 2.37. The number of benzene rings is 2. The second kappa shape index (κ2) is 6.11. The fourth-order valence-corrected chi connectivity index (χ4v) is 3.23. The van der Waals surface area contributed by atoms with E-state index in [0.717, 1.165) is 16.8 Å². The number of carboxylic acids is 1. The zero-order valence-electron chi connectivity index (χ0n) is 12.2. The average Bonchev–Trinajstić information content (AvgIpc) is 2.85. The van der Waals surface area contributed by atoms with Crippen LogP contribution in [-0.2, 0) is 0 Å². The molecule has 0 saturated heterocycles. The molecular weight excluding hydrogens is 333 g/mol. The summed E-state index contributed by atoms with van der Waals surface area (Å²) in [5.41, 5.74) is 3.93. The van der Waals surface area contributed by atoms with Crippen LogP contribution in [-0.4, -0.2) is 16.1 Å². The lowest BCUT2D eigenvalue weighted by Gasteiger charge is -2.05. The number of carboxylic acid groups (broad SMARTS) is 1. The Morgan fingerprint density at radius 2 is 1.61 bits per heavy atom. The summed E-state index contributed by atoms with van der Waals surface area (Å²) >= 11 is 12.1. The first kappa shape index (κ1) is 15.7. The minimum atomic E-state index is -1.03. The summed E-state index contributed by atoms with van der Waals surface area (Å²) in [5.74, 6) is -1.03. The van der Waals surface area contributed by atoms with Crippen molar-refractivity contribution >= 4 is 29.2 Å². The van der Waals surface area contributed by atoms with E-state index in [2.05, 4.69) is 4.98 Å². The second-order valence-electron chi connectivity index (χ2n) is 5.20. The van der Waals surface area contributed by atoms with Crippen molar-refractivity contribution in [3.05, 3.63) is 69.8 Å². The lowest BCUT2D eigenvalue weighted by atomic mass is 9.99. The van der Waals surface area contributed by atoms with E-state index in [9.17, 15) is 9.90 Å². The first-order chi connectivity index (χ1) is 11.0. The van der Waals surface area contributed by atoms with Crippen LogP contribution in [0.5, 0.6) is 0 Å². The standard InChI is InChI=1S/C18H13Cl2NO2/c1-10-15(12-7-13(19)9-14(20)8-12)17(18(22)23)21-16(10)11-5-3-2-4-6-11/h2-9,21H,1H3,(H,22,23). The van der Waals surface area contributed by atoms with Gasteiger partial charge in [0.05, 0.1) is 0 Å². The smallest absolute Gasteiger partial charge is 0.352 e. The molecular formula is C18H13Cl2NO2. The Labute approximate surface area is 143 Å². The third kappa shape index (κ3) is 2.98. The molecule has 3 aromatic rings. The number of hydrogen-bond acceptors (Lipinski definition) is 1. The maximum absolute atomic E-state index is 11.7. The summed E-state index contributed by atoms with van der Waals surface area (Å²) in [4.78, 5) is 14.7. The van der Waals surface area contributed by atoms with E-state index in [4.69, 9.17) is 23.2 Å². The molecule has 0 unspecified atom stereocenters. The van der Waals surface area contributed by atoms with Crippen LogP contribution >= 0.6 is 23.2 Å². The molecule has 5 heteroatoms. The molecule has 1 heterocycles. The average molecular weight is 346 g/mol. The lowest BCUT2D eigenvalue weighted by Crippen LogP contribution is -1.99. The van der Waals surface area contributed by atoms with E-state index in [1.54, 1.807) is 18.2 Å². The Kier molecular flexibility index (Phi) is 4.16. The quantitative estimate of drug-likeness (QED) is 0.643. The molecule has 2 N–H and O–H groups in total. The summed E-state index contributed by atoms with van der Waals surface area (Å²) < 4.78 is 0. The maximum Gasteiger partial charge on any atom is 0.352 e. The molecule has 0 aliphatic rings. The molecule has 0 bridgehead atoms. The predicted molar refractivity (Wildman–Crippen MR) is 93.4 cm³/mol. The van der Waals surface area contributed by atoms with E-state index < -0.39 is 5.97 Å². The lowest BCUT2D eigenvalue weighted by molar-refractivity contribution is 0.0692. The minimum Gasteiger partial charge on any atom is -0.477 e. The van der Waals surface area contributed by atoms with Gasteiger partial charge >= 0.3 is 5.97 Å². The van der Waals surface area contributed by atoms with Crippen molar-refractivity contribution in [2.45, 2.75) is 6.92 Å². The van der Waals surface area contributed by atoms with Crippen molar-refractivity contribution < 1.29 is 9.90 Å². The van der Waals surface area contributed by atoms with Gasteiger partial charge in [-0.2, -0.15) is 0 Å². The van der Waals surface area contributed by atoms with Crippen molar-refractivity contribution in [3.63, 3.8) is 0 Å². The first-order valence-electron chi connectivity index (χ1n) is 6.95. The van der Waals surface area contributed by atoms with Crippen LogP contribution in [0.25, 0.3) is 22.4 Å². The highest BCUT2D eigenvalue weighted by Gasteiger charge is 2.21. The zero-order valence-corrected chi connectivity index (χ0v) is 13.7. The van der Waals surface area contributed by atoms with Crippen LogP contribution in [0.1, 0.15) is 16.1 Å². The molecule has 3 rings (SSSR count). The Morgan fingerprint density at radius 3 is 2.17 bits per heavy atom. The van der Waals surface area contributed by atoms with Gasteiger partial charge in [0.25, 0.3) is 0 Å². The van der Waals surface area contributed by atoms with Crippen molar-refractivity contribution in [1.29, 1.82) is 0 Å². The Bertz CT molecular complexity index is 865. The molecule has 3 nitrogen and oxygen atoms in total. The molecule has 0 spiro atoms. The Morgan fingerprint density at radius 1 is 1.00 bits per heavy atom. The number of halogens is 2. The predicted octanol–water partition coefficient (Wildman–Crippen LogP) is 5.66. The summed E-state index contributed by atoms with van der Waals surface area (Å²) in [7, 11) is 0. The Hall–Kier alpha value is -2.23. The van der Waals surface area contributed by atoms with Gasteiger partial charge < -0.3 is 10.1 Å². The normalized spacial score (nSPS) is 10.7. The van der Waals surface area contributed by atoms with Gasteiger partial charge in [-0.25, -0.2) is 4.79 Å². The highest BCUT2D eigenvalue weighted by molar-refractivity contribution is 6.35. The van der Waals surface area contributed by atoms with Gasteiger partial charge in [-0.05, 0) is 41.8 Å². The third-order valence-corrected chi connectivity index (χ3v) is 4.11. The van der Waals surface area contributed by atoms with E-state index in [0.29, 0.717) is 21.2 Å². The molecule has 0 radical (unpaired) electrons. The molecule has 0 fully saturated rings. The molecule has 2 aromatic carbocycles. The minimum absolute atomic E-state index is 0.125. The molecule has 23 heavy (non-hydrogen) atoms. The van der Waals surface area contributed by atoms with Crippen molar-refractivity contribution in [3.8, 4) is 22.4 Å². The van der Waals surface area contributed by atoms with E-state index in [1.807, 2.05) is 37.3 Å².